The van der Waals surface area contributed by atoms with Gasteiger partial charge < -0.3 is 14.3 Å². The third kappa shape index (κ3) is 3.38. The van der Waals surface area contributed by atoms with E-state index in [9.17, 15) is 14.7 Å². The Kier molecular flexibility index (Phi) is 4.22. The number of hydrazone groups is 1. The smallest absolute Gasteiger partial charge is 0.427 e. The number of nitrogens with one attached hydrogen (secondary N) is 1. The Morgan fingerprint density at radius 3 is 2.90 bits per heavy atom. The maximum absolute atomic E-state index is 11.9. The van der Waals surface area contributed by atoms with E-state index < -0.39 is 11.7 Å². The van der Waals surface area contributed by atoms with Crippen LogP contribution in [0.1, 0.15) is 19.4 Å². The standard InChI is InChI=1S/C14H14N2O5/c1-3-20-14(19)16-15-8(2)11-6-9-4-5-10(17)7-12(9)21-13(11)18/h4-7,17H,3H2,1-2H3,(H,16,19). The summed E-state index contributed by atoms with van der Waals surface area (Å²) in [6.07, 6.45) is -0.702. The van der Waals surface area contributed by atoms with Crippen LogP contribution in [0.4, 0.5) is 4.79 Å². The summed E-state index contributed by atoms with van der Waals surface area (Å²) in [7, 11) is 0. The van der Waals surface area contributed by atoms with Gasteiger partial charge in [-0.3, -0.25) is 0 Å². The van der Waals surface area contributed by atoms with E-state index in [-0.39, 0.29) is 29.2 Å². The van der Waals surface area contributed by atoms with Gasteiger partial charge in [-0.1, -0.05) is 0 Å². The van der Waals surface area contributed by atoms with Gasteiger partial charge in [0.1, 0.15) is 11.3 Å². The van der Waals surface area contributed by atoms with Gasteiger partial charge >= 0.3 is 11.7 Å². The van der Waals surface area contributed by atoms with Crippen LogP contribution in [0.5, 0.6) is 5.75 Å². The quantitative estimate of drug-likeness (QED) is 0.511. The molecule has 0 spiro atoms. The molecule has 21 heavy (non-hydrogen) atoms. The zero-order valence-electron chi connectivity index (χ0n) is 11.5. The van der Waals surface area contributed by atoms with Crippen LogP contribution in [-0.4, -0.2) is 23.5 Å². The highest BCUT2D eigenvalue weighted by molar-refractivity contribution is 6.00. The van der Waals surface area contributed by atoms with E-state index in [0.29, 0.717) is 5.39 Å². The SMILES string of the molecule is CCOC(=O)NN=C(C)c1cc2ccc(O)cc2oc1=O. The summed E-state index contributed by atoms with van der Waals surface area (Å²) in [5, 5.41) is 13.8. The minimum Gasteiger partial charge on any atom is -0.508 e. The summed E-state index contributed by atoms with van der Waals surface area (Å²) in [6, 6.07) is 6.02. The van der Waals surface area contributed by atoms with E-state index in [2.05, 4.69) is 15.3 Å². The zero-order chi connectivity index (χ0) is 15.4. The fourth-order valence-corrected chi connectivity index (χ4v) is 1.71. The summed E-state index contributed by atoms with van der Waals surface area (Å²) in [4.78, 5) is 23.0. The molecule has 1 aromatic carbocycles. The molecule has 0 atom stereocenters. The Labute approximate surface area is 119 Å². The highest BCUT2D eigenvalue weighted by Gasteiger charge is 2.09. The number of phenolic OH excluding ortho intramolecular Hbond substituents is 1. The average molecular weight is 290 g/mol. The molecule has 1 aromatic heterocycles. The molecule has 0 aliphatic carbocycles. The highest BCUT2D eigenvalue weighted by Crippen LogP contribution is 2.19. The van der Waals surface area contributed by atoms with E-state index in [1.165, 1.54) is 12.1 Å². The number of benzene rings is 1. The minimum absolute atomic E-state index is 0.00719. The van der Waals surface area contributed by atoms with Gasteiger partial charge in [0.15, 0.2) is 0 Å². The van der Waals surface area contributed by atoms with Gasteiger partial charge in [0.25, 0.3) is 0 Å². The predicted octanol–water partition coefficient (Wildman–Crippen LogP) is 1.97. The lowest BCUT2D eigenvalue weighted by molar-refractivity contribution is 0.152. The van der Waals surface area contributed by atoms with Gasteiger partial charge in [0.05, 0.1) is 17.9 Å². The van der Waals surface area contributed by atoms with Gasteiger partial charge in [-0.25, -0.2) is 15.0 Å². The monoisotopic (exact) mass is 290 g/mol. The summed E-state index contributed by atoms with van der Waals surface area (Å²) in [6.45, 7) is 3.45. The van der Waals surface area contributed by atoms with Crippen LogP contribution < -0.4 is 11.1 Å². The third-order valence-corrected chi connectivity index (χ3v) is 2.70. The molecular weight excluding hydrogens is 276 g/mol. The van der Waals surface area contributed by atoms with Crippen LogP contribution >= 0.6 is 0 Å². The number of aromatic hydroxyl groups is 1. The molecule has 0 fully saturated rings. The van der Waals surface area contributed by atoms with Gasteiger partial charge in [0, 0.05) is 11.5 Å². The molecule has 2 aromatic rings. The molecule has 0 unspecified atom stereocenters. The van der Waals surface area contributed by atoms with Crippen LogP contribution in [0.2, 0.25) is 0 Å². The number of ether oxygens (including phenoxy) is 1. The maximum atomic E-state index is 11.9. The normalized spacial score (nSPS) is 11.4. The molecule has 1 amide bonds. The first kappa shape index (κ1) is 14.6. The van der Waals surface area contributed by atoms with Gasteiger partial charge in [-0.2, -0.15) is 5.10 Å². The third-order valence-electron chi connectivity index (χ3n) is 2.70. The van der Waals surface area contributed by atoms with Crippen molar-refractivity contribution in [2.24, 2.45) is 5.10 Å². The first-order valence-corrected chi connectivity index (χ1v) is 6.25. The van der Waals surface area contributed by atoms with Crippen LogP contribution in [0.25, 0.3) is 11.0 Å². The molecule has 0 bridgehead atoms. The van der Waals surface area contributed by atoms with Crippen LogP contribution in [0.15, 0.2) is 38.6 Å². The van der Waals surface area contributed by atoms with Crippen molar-refractivity contribution in [3.05, 3.63) is 40.2 Å². The van der Waals surface area contributed by atoms with E-state index in [1.54, 1.807) is 26.0 Å². The molecule has 0 aliphatic heterocycles. The summed E-state index contributed by atoms with van der Waals surface area (Å²) < 4.78 is 9.76. The van der Waals surface area contributed by atoms with Gasteiger partial charge in [-0.15, -0.1) is 0 Å². The molecule has 7 nitrogen and oxygen atoms in total. The number of amides is 1. The number of hydrogen-bond acceptors (Lipinski definition) is 6. The molecule has 7 heteroatoms. The van der Waals surface area contributed by atoms with E-state index in [1.807, 2.05) is 0 Å². The minimum atomic E-state index is -0.702. The lowest BCUT2D eigenvalue weighted by atomic mass is 10.1. The first-order valence-electron chi connectivity index (χ1n) is 6.25. The summed E-state index contributed by atoms with van der Waals surface area (Å²) >= 11 is 0. The molecule has 0 aliphatic rings. The van der Waals surface area contributed by atoms with Crippen molar-refractivity contribution in [3.63, 3.8) is 0 Å². The Morgan fingerprint density at radius 2 is 2.19 bits per heavy atom. The molecule has 0 saturated carbocycles. The van der Waals surface area contributed by atoms with E-state index >= 15 is 0 Å². The maximum Gasteiger partial charge on any atom is 0.427 e. The van der Waals surface area contributed by atoms with Crippen molar-refractivity contribution >= 4 is 22.8 Å². The van der Waals surface area contributed by atoms with Crippen molar-refractivity contribution in [1.29, 1.82) is 0 Å². The molecule has 110 valence electrons. The number of rotatable bonds is 3. The van der Waals surface area contributed by atoms with Crippen LogP contribution in [0, 0.1) is 0 Å². The van der Waals surface area contributed by atoms with E-state index in [4.69, 9.17) is 4.42 Å². The Morgan fingerprint density at radius 1 is 1.43 bits per heavy atom. The Bertz CT molecular complexity index is 764. The van der Waals surface area contributed by atoms with Crippen LogP contribution in [-0.2, 0) is 4.74 Å². The number of hydrogen-bond donors (Lipinski definition) is 2. The second-order valence-electron chi connectivity index (χ2n) is 4.20. The van der Waals surface area contributed by atoms with Crippen molar-refractivity contribution in [2.75, 3.05) is 6.61 Å². The largest absolute Gasteiger partial charge is 0.508 e. The Hall–Kier alpha value is -2.83. The fraction of sp³-hybridized carbons (Fsp3) is 0.214. The predicted molar refractivity (Wildman–Crippen MR) is 76.5 cm³/mol. The van der Waals surface area contributed by atoms with Crippen LogP contribution in [0.3, 0.4) is 0 Å². The lowest BCUT2D eigenvalue weighted by Gasteiger charge is -2.03. The topological polar surface area (TPSA) is 101 Å². The van der Waals surface area contributed by atoms with Crippen molar-refractivity contribution < 1.29 is 19.1 Å². The number of nitrogens with zero attached hydrogens (tertiary/aromatic N) is 1. The number of phenols is 1. The van der Waals surface area contributed by atoms with Gasteiger partial charge in [-0.05, 0) is 32.0 Å². The Balaban J connectivity index is 2.35. The van der Waals surface area contributed by atoms with Crippen molar-refractivity contribution in [1.82, 2.24) is 5.43 Å². The fourth-order valence-electron chi connectivity index (χ4n) is 1.71. The molecule has 1 heterocycles. The number of carbonyl (C=O) groups is 1. The average Bonchev–Trinajstić information content (AvgIpc) is 2.44. The number of fused-ring (bicyclic) bond motifs is 1. The second-order valence-corrected chi connectivity index (χ2v) is 4.20. The highest BCUT2D eigenvalue weighted by atomic mass is 16.5. The van der Waals surface area contributed by atoms with Crippen molar-refractivity contribution in [3.8, 4) is 5.75 Å². The molecule has 0 saturated heterocycles. The van der Waals surface area contributed by atoms with Gasteiger partial charge in [0.2, 0.25) is 0 Å². The van der Waals surface area contributed by atoms with Crippen molar-refractivity contribution in [2.45, 2.75) is 13.8 Å². The summed E-state index contributed by atoms with van der Waals surface area (Å²) in [5.74, 6) is 0.00719. The van der Waals surface area contributed by atoms with E-state index in [0.717, 1.165) is 0 Å². The zero-order valence-corrected chi connectivity index (χ0v) is 11.5. The molecule has 2 N–H and O–H groups in total. The number of carbonyl (C=O) groups excluding carboxylic acids is 1. The molecule has 0 radical (unpaired) electrons. The first-order chi connectivity index (χ1) is 10.0. The lowest BCUT2D eigenvalue weighted by Crippen LogP contribution is -2.22. The molecule has 2 rings (SSSR count). The second kappa shape index (κ2) is 6.08. The molecular formula is C14H14N2O5. The summed E-state index contributed by atoms with van der Waals surface area (Å²) in [5.41, 5.74) is 2.33.